The van der Waals surface area contributed by atoms with Gasteiger partial charge in [-0.3, -0.25) is 0 Å². The van der Waals surface area contributed by atoms with Crippen LogP contribution in [0.2, 0.25) is 0 Å². The van der Waals surface area contributed by atoms with E-state index in [2.05, 4.69) is 0 Å². The first-order valence-electron chi connectivity index (χ1n) is 7.40. The molecule has 0 atom stereocenters. The molecule has 0 bridgehead atoms. The lowest BCUT2D eigenvalue weighted by molar-refractivity contribution is -0.356. The predicted octanol–water partition coefficient (Wildman–Crippen LogP) is 4.07. The second-order valence-corrected chi connectivity index (χ2v) is 5.92. The van der Waals surface area contributed by atoms with E-state index in [4.69, 9.17) is 14.5 Å². The highest BCUT2D eigenvalue weighted by Gasteiger charge is 2.52. The van der Waals surface area contributed by atoms with Gasteiger partial charge in [-0.05, 0) is 25.7 Å². The Hall–Kier alpha value is -0.120. The molecule has 2 spiro atoms. The van der Waals surface area contributed by atoms with Crippen LogP contribution in [-0.2, 0) is 14.5 Å². The molecule has 0 aromatic heterocycles. The molecular formula is C14H24O3. The number of hydrogen-bond acceptors (Lipinski definition) is 3. The Kier molecular flexibility index (Phi) is 3.42. The zero-order valence-electron chi connectivity index (χ0n) is 10.7. The lowest BCUT2D eigenvalue weighted by atomic mass is 9.92. The van der Waals surface area contributed by atoms with E-state index in [1.807, 2.05) is 0 Å². The fourth-order valence-electron chi connectivity index (χ4n) is 3.43. The van der Waals surface area contributed by atoms with Crippen molar-refractivity contribution >= 4 is 0 Å². The summed E-state index contributed by atoms with van der Waals surface area (Å²) in [6, 6.07) is 0. The molecule has 0 radical (unpaired) electrons. The van der Waals surface area contributed by atoms with Crippen molar-refractivity contribution in [3.8, 4) is 0 Å². The quantitative estimate of drug-likeness (QED) is 0.597. The van der Waals surface area contributed by atoms with Gasteiger partial charge >= 0.3 is 0 Å². The first kappa shape index (κ1) is 11.9. The summed E-state index contributed by atoms with van der Waals surface area (Å²) in [5, 5.41) is 0. The molecule has 3 aliphatic rings. The van der Waals surface area contributed by atoms with Gasteiger partial charge in [-0.25, -0.2) is 0 Å². The largest absolute Gasteiger partial charge is 0.312 e. The third kappa shape index (κ3) is 2.51. The van der Waals surface area contributed by atoms with E-state index in [0.717, 1.165) is 25.7 Å². The van der Waals surface area contributed by atoms with Gasteiger partial charge in [-0.2, -0.15) is 9.78 Å². The molecule has 1 saturated heterocycles. The van der Waals surface area contributed by atoms with Crippen LogP contribution in [0.1, 0.15) is 77.0 Å². The zero-order chi connectivity index (χ0) is 11.6. The van der Waals surface area contributed by atoms with Crippen LogP contribution in [0, 0.1) is 0 Å². The SMILES string of the molecule is C1CCCC2(CCC1)OOC1(CCCCC1)O2. The molecule has 3 nitrogen and oxygen atoms in total. The molecule has 0 aromatic rings. The fourth-order valence-corrected chi connectivity index (χ4v) is 3.43. The fraction of sp³-hybridized carbons (Fsp3) is 1.00. The molecule has 1 aliphatic heterocycles. The summed E-state index contributed by atoms with van der Waals surface area (Å²) >= 11 is 0. The molecule has 0 aromatic carbocycles. The van der Waals surface area contributed by atoms with E-state index in [1.165, 1.54) is 51.4 Å². The normalized spacial score (nSPS) is 32.5. The van der Waals surface area contributed by atoms with Crippen molar-refractivity contribution in [3.05, 3.63) is 0 Å². The minimum atomic E-state index is -0.405. The summed E-state index contributed by atoms with van der Waals surface area (Å²) in [6.07, 6.45) is 14.2. The Morgan fingerprint density at radius 3 is 1.29 bits per heavy atom. The van der Waals surface area contributed by atoms with Crippen molar-refractivity contribution in [1.29, 1.82) is 0 Å². The maximum absolute atomic E-state index is 6.31. The molecule has 98 valence electrons. The molecule has 0 amide bonds. The third-order valence-electron chi connectivity index (χ3n) is 4.45. The first-order chi connectivity index (χ1) is 8.33. The molecule has 2 aliphatic carbocycles. The minimum Gasteiger partial charge on any atom is -0.312 e. The van der Waals surface area contributed by atoms with Gasteiger partial charge in [0.25, 0.3) is 0 Å². The average molecular weight is 240 g/mol. The molecule has 0 unspecified atom stereocenters. The Bertz CT molecular complexity index is 250. The van der Waals surface area contributed by atoms with Crippen molar-refractivity contribution in [2.24, 2.45) is 0 Å². The van der Waals surface area contributed by atoms with E-state index in [9.17, 15) is 0 Å². The Labute approximate surface area is 104 Å². The van der Waals surface area contributed by atoms with Crippen LogP contribution < -0.4 is 0 Å². The third-order valence-corrected chi connectivity index (χ3v) is 4.45. The van der Waals surface area contributed by atoms with Gasteiger partial charge in [-0.15, -0.1) is 0 Å². The average Bonchev–Trinajstić information content (AvgIpc) is 2.66. The summed E-state index contributed by atoms with van der Waals surface area (Å²) in [4.78, 5) is 11.3. The second kappa shape index (κ2) is 4.87. The summed E-state index contributed by atoms with van der Waals surface area (Å²) in [6.45, 7) is 0. The van der Waals surface area contributed by atoms with Crippen LogP contribution in [-0.4, -0.2) is 11.6 Å². The summed E-state index contributed by atoms with van der Waals surface area (Å²) in [7, 11) is 0. The lowest BCUT2D eigenvalue weighted by Gasteiger charge is -2.32. The summed E-state index contributed by atoms with van der Waals surface area (Å²) in [5.74, 6) is -0.796. The van der Waals surface area contributed by atoms with Crippen LogP contribution in [0.25, 0.3) is 0 Å². The minimum absolute atomic E-state index is 0.391. The van der Waals surface area contributed by atoms with Crippen molar-refractivity contribution in [3.63, 3.8) is 0 Å². The van der Waals surface area contributed by atoms with Gasteiger partial charge in [0.1, 0.15) is 0 Å². The van der Waals surface area contributed by atoms with Gasteiger partial charge in [0, 0.05) is 25.7 Å². The van der Waals surface area contributed by atoms with Gasteiger partial charge < -0.3 is 4.74 Å². The maximum Gasteiger partial charge on any atom is 0.204 e. The maximum atomic E-state index is 6.31. The van der Waals surface area contributed by atoms with Crippen molar-refractivity contribution in [1.82, 2.24) is 0 Å². The molecule has 17 heavy (non-hydrogen) atoms. The highest BCUT2D eigenvalue weighted by molar-refractivity contribution is 4.84. The monoisotopic (exact) mass is 240 g/mol. The van der Waals surface area contributed by atoms with Crippen LogP contribution in [0.3, 0.4) is 0 Å². The van der Waals surface area contributed by atoms with E-state index < -0.39 is 11.6 Å². The summed E-state index contributed by atoms with van der Waals surface area (Å²) in [5.41, 5.74) is 0. The molecular weight excluding hydrogens is 216 g/mol. The summed E-state index contributed by atoms with van der Waals surface area (Å²) < 4.78 is 6.31. The topological polar surface area (TPSA) is 27.7 Å². The van der Waals surface area contributed by atoms with Crippen molar-refractivity contribution in [2.75, 3.05) is 0 Å². The second-order valence-electron chi connectivity index (χ2n) is 5.92. The molecule has 3 rings (SSSR count). The molecule has 1 heterocycles. The molecule has 2 saturated carbocycles. The van der Waals surface area contributed by atoms with E-state index >= 15 is 0 Å². The molecule has 0 N–H and O–H groups in total. The standard InChI is InChI=1S/C14H24O3/c1-2-5-9-13(10-6-3-1)15-14(17-16-13)11-7-4-8-12-14/h1-12H2. The van der Waals surface area contributed by atoms with Gasteiger partial charge in [0.05, 0.1) is 0 Å². The zero-order valence-corrected chi connectivity index (χ0v) is 10.7. The molecule has 3 fully saturated rings. The van der Waals surface area contributed by atoms with Crippen LogP contribution in [0.15, 0.2) is 0 Å². The van der Waals surface area contributed by atoms with Gasteiger partial charge in [-0.1, -0.05) is 25.7 Å². The van der Waals surface area contributed by atoms with Gasteiger partial charge in [0.15, 0.2) is 0 Å². The number of rotatable bonds is 0. The van der Waals surface area contributed by atoms with Crippen LogP contribution in [0.4, 0.5) is 0 Å². The Morgan fingerprint density at radius 2 is 0.824 bits per heavy atom. The lowest BCUT2D eigenvalue weighted by Crippen LogP contribution is -2.38. The van der Waals surface area contributed by atoms with Crippen LogP contribution >= 0.6 is 0 Å². The van der Waals surface area contributed by atoms with E-state index in [1.54, 1.807) is 0 Å². The Balaban J connectivity index is 1.67. The smallest absolute Gasteiger partial charge is 0.204 e. The van der Waals surface area contributed by atoms with Crippen LogP contribution in [0.5, 0.6) is 0 Å². The van der Waals surface area contributed by atoms with E-state index in [-0.39, 0.29) is 0 Å². The van der Waals surface area contributed by atoms with Gasteiger partial charge in [0.2, 0.25) is 11.6 Å². The Morgan fingerprint density at radius 1 is 0.471 bits per heavy atom. The highest BCUT2D eigenvalue weighted by atomic mass is 17.3. The highest BCUT2D eigenvalue weighted by Crippen LogP contribution is 2.47. The predicted molar refractivity (Wildman–Crippen MR) is 64.1 cm³/mol. The molecule has 3 heteroatoms. The number of hydrogen-bond donors (Lipinski definition) is 0. The van der Waals surface area contributed by atoms with Crippen molar-refractivity contribution < 1.29 is 14.5 Å². The van der Waals surface area contributed by atoms with Crippen molar-refractivity contribution in [2.45, 2.75) is 88.6 Å². The number of ether oxygens (including phenoxy) is 1. The van der Waals surface area contributed by atoms with E-state index in [0.29, 0.717) is 0 Å². The first-order valence-corrected chi connectivity index (χ1v) is 7.40.